The summed E-state index contributed by atoms with van der Waals surface area (Å²) in [4.78, 5) is 16.1. The van der Waals surface area contributed by atoms with E-state index in [4.69, 9.17) is 20.8 Å². The molecule has 0 unspecified atom stereocenters. The van der Waals surface area contributed by atoms with Crippen LogP contribution in [0.3, 0.4) is 0 Å². The molecule has 0 radical (unpaired) electrons. The average molecular weight is 351 g/mol. The SMILES string of the molecule is C=C(/C=C\C(=C)OC)NC(=O)CSc1nc2cc(Cl)ccc2o1. The molecule has 1 amide bonds. The molecule has 0 spiro atoms. The second kappa shape index (κ2) is 7.89. The first-order chi connectivity index (χ1) is 11.0. The van der Waals surface area contributed by atoms with E-state index in [-0.39, 0.29) is 11.7 Å². The number of thioether (sulfide) groups is 1. The van der Waals surface area contributed by atoms with Gasteiger partial charge in [-0.05, 0) is 30.4 Å². The largest absolute Gasteiger partial charge is 0.497 e. The van der Waals surface area contributed by atoms with Crippen LogP contribution in [0.25, 0.3) is 11.1 Å². The van der Waals surface area contributed by atoms with E-state index >= 15 is 0 Å². The maximum atomic E-state index is 11.8. The van der Waals surface area contributed by atoms with Crippen LogP contribution in [-0.4, -0.2) is 23.8 Å². The number of hydrogen-bond acceptors (Lipinski definition) is 5. The fourth-order valence-electron chi connectivity index (χ4n) is 1.59. The van der Waals surface area contributed by atoms with Crippen LogP contribution in [-0.2, 0) is 9.53 Å². The van der Waals surface area contributed by atoms with Gasteiger partial charge in [0.05, 0.1) is 12.9 Å². The van der Waals surface area contributed by atoms with Crippen molar-refractivity contribution >= 4 is 40.4 Å². The zero-order chi connectivity index (χ0) is 16.8. The van der Waals surface area contributed by atoms with Crippen LogP contribution < -0.4 is 5.32 Å². The lowest BCUT2D eigenvalue weighted by molar-refractivity contribution is -0.117. The number of nitrogens with zero attached hydrogens (tertiary/aromatic N) is 1. The third-order valence-electron chi connectivity index (χ3n) is 2.69. The number of oxazole rings is 1. The quantitative estimate of drug-likeness (QED) is 0.466. The Morgan fingerprint density at radius 3 is 3.00 bits per heavy atom. The highest BCUT2D eigenvalue weighted by Crippen LogP contribution is 2.25. The number of carbonyl (C=O) groups excluding carboxylic acids is 1. The van der Waals surface area contributed by atoms with Gasteiger partial charge in [0.1, 0.15) is 11.3 Å². The molecule has 0 bridgehead atoms. The monoisotopic (exact) mass is 350 g/mol. The minimum atomic E-state index is -0.215. The molecule has 1 aromatic carbocycles. The normalized spacial score (nSPS) is 10.9. The van der Waals surface area contributed by atoms with Crippen LogP contribution in [0.1, 0.15) is 0 Å². The molecule has 0 aliphatic rings. The minimum Gasteiger partial charge on any atom is -0.497 e. The van der Waals surface area contributed by atoms with E-state index in [0.29, 0.717) is 32.8 Å². The fourth-order valence-corrected chi connectivity index (χ4v) is 2.39. The van der Waals surface area contributed by atoms with E-state index in [1.807, 2.05) is 0 Å². The zero-order valence-corrected chi connectivity index (χ0v) is 14.0. The average Bonchev–Trinajstić information content (AvgIpc) is 2.92. The summed E-state index contributed by atoms with van der Waals surface area (Å²) in [6, 6.07) is 5.17. The highest BCUT2D eigenvalue weighted by Gasteiger charge is 2.09. The van der Waals surface area contributed by atoms with E-state index in [1.165, 1.54) is 18.9 Å². The standard InChI is InChI=1S/C16H15ClN2O3S/c1-10(4-5-11(2)21-3)18-15(20)9-23-16-19-13-8-12(17)6-7-14(13)22-16/h4-8H,1-2,9H2,3H3,(H,18,20)/b5-4-. The smallest absolute Gasteiger partial charge is 0.257 e. The Morgan fingerprint density at radius 1 is 1.48 bits per heavy atom. The second-order valence-electron chi connectivity index (χ2n) is 4.46. The van der Waals surface area contributed by atoms with Gasteiger partial charge in [-0.1, -0.05) is 36.5 Å². The number of hydrogen-bond donors (Lipinski definition) is 1. The molecule has 0 atom stereocenters. The van der Waals surface area contributed by atoms with Crippen LogP contribution in [0.5, 0.6) is 0 Å². The number of aromatic nitrogens is 1. The van der Waals surface area contributed by atoms with E-state index in [0.717, 1.165) is 0 Å². The number of benzene rings is 1. The van der Waals surface area contributed by atoms with Crippen molar-refractivity contribution in [1.29, 1.82) is 0 Å². The van der Waals surface area contributed by atoms with Gasteiger partial charge in [0, 0.05) is 10.7 Å². The number of ether oxygens (including phenoxy) is 1. The van der Waals surface area contributed by atoms with Crippen molar-refractivity contribution in [2.24, 2.45) is 0 Å². The van der Waals surface area contributed by atoms with Crippen LogP contribution >= 0.6 is 23.4 Å². The number of amides is 1. The lowest BCUT2D eigenvalue weighted by Crippen LogP contribution is -2.23. The highest BCUT2D eigenvalue weighted by molar-refractivity contribution is 7.99. The Bertz CT molecular complexity index is 783. The number of halogens is 1. The third kappa shape index (κ3) is 5.19. The molecule has 0 saturated carbocycles. The molecule has 120 valence electrons. The second-order valence-corrected chi connectivity index (χ2v) is 5.82. The molecule has 1 aromatic heterocycles. The summed E-state index contributed by atoms with van der Waals surface area (Å²) in [5, 5.41) is 3.64. The third-order valence-corrected chi connectivity index (χ3v) is 3.75. The maximum absolute atomic E-state index is 11.8. The van der Waals surface area contributed by atoms with Gasteiger partial charge >= 0.3 is 0 Å². The molecular formula is C16H15ClN2O3S. The summed E-state index contributed by atoms with van der Waals surface area (Å²) in [5.41, 5.74) is 1.73. The van der Waals surface area contributed by atoms with E-state index in [1.54, 1.807) is 30.4 Å². The van der Waals surface area contributed by atoms with Crippen LogP contribution in [0.2, 0.25) is 5.02 Å². The number of carbonyl (C=O) groups is 1. The molecular weight excluding hydrogens is 336 g/mol. The highest BCUT2D eigenvalue weighted by atomic mass is 35.5. The molecule has 1 N–H and O–H groups in total. The van der Waals surface area contributed by atoms with Gasteiger partial charge in [0.15, 0.2) is 5.58 Å². The Morgan fingerprint density at radius 2 is 2.26 bits per heavy atom. The summed E-state index contributed by atoms with van der Waals surface area (Å²) >= 11 is 7.08. The summed E-state index contributed by atoms with van der Waals surface area (Å²) in [7, 11) is 1.51. The number of fused-ring (bicyclic) bond motifs is 1. The van der Waals surface area contributed by atoms with Gasteiger partial charge in [-0.15, -0.1) is 0 Å². The summed E-state index contributed by atoms with van der Waals surface area (Å²) in [6.45, 7) is 7.35. The lowest BCUT2D eigenvalue weighted by Gasteiger charge is -2.03. The first kappa shape index (κ1) is 17.2. The Kier molecular flexibility index (Phi) is 5.90. The molecule has 0 saturated heterocycles. The van der Waals surface area contributed by atoms with Gasteiger partial charge in [-0.3, -0.25) is 4.79 Å². The van der Waals surface area contributed by atoms with Gasteiger partial charge in [-0.2, -0.15) is 0 Å². The van der Waals surface area contributed by atoms with Crippen molar-refractivity contribution in [3.05, 3.63) is 60.0 Å². The summed E-state index contributed by atoms with van der Waals surface area (Å²) in [6.07, 6.45) is 3.22. The molecule has 2 rings (SSSR count). The van der Waals surface area contributed by atoms with Gasteiger partial charge < -0.3 is 14.5 Å². The van der Waals surface area contributed by atoms with E-state index in [2.05, 4.69) is 23.5 Å². The lowest BCUT2D eigenvalue weighted by atomic mass is 10.3. The minimum absolute atomic E-state index is 0.151. The molecule has 0 aliphatic heterocycles. The van der Waals surface area contributed by atoms with Crippen LogP contribution in [0, 0.1) is 0 Å². The van der Waals surface area contributed by atoms with Crippen molar-refractivity contribution in [2.75, 3.05) is 12.9 Å². The van der Waals surface area contributed by atoms with E-state index < -0.39 is 0 Å². The zero-order valence-electron chi connectivity index (χ0n) is 12.5. The van der Waals surface area contributed by atoms with Gasteiger partial charge in [0.25, 0.3) is 5.22 Å². The molecule has 0 aliphatic carbocycles. The number of methoxy groups -OCH3 is 1. The fraction of sp³-hybridized carbons (Fsp3) is 0.125. The van der Waals surface area contributed by atoms with Crippen molar-refractivity contribution < 1.29 is 13.9 Å². The molecule has 5 nitrogen and oxygen atoms in total. The summed E-state index contributed by atoms with van der Waals surface area (Å²) in [5.74, 6) is 0.409. The number of allylic oxidation sites excluding steroid dienone is 2. The Balaban J connectivity index is 1.87. The predicted molar refractivity (Wildman–Crippen MR) is 92.3 cm³/mol. The summed E-state index contributed by atoms with van der Waals surface area (Å²) < 4.78 is 10.4. The Labute approximate surface area is 143 Å². The van der Waals surface area contributed by atoms with Crippen molar-refractivity contribution in [3.63, 3.8) is 0 Å². The van der Waals surface area contributed by atoms with Crippen LogP contribution in [0.15, 0.2) is 64.6 Å². The predicted octanol–water partition coefficient (Wildman–Crippen LogP) is 3.92. The van der Waals surface area contributed by atoms with E-state index in [9.17, 15) is 4.79 Å². The van der Waals surface area contributed by atoms with Crippen molar-refractivity contribution in [1.82, 2.24) is 10.3 Å². The van der Waals surface area contributed by atoms with Crippen molar-refractivity contribution in [2.45, 2.75) is 5.22 Å². The van der Waals surface area contributed by atoms with Gasteiger partial charge in [0.2, 0.25) is 5.91 Å². The first-order valence-electron chi connectivity index (χ1n) is 6.56. The molecule has 7 heteroatoms. The molecule has 2 aromatic rings. The topological polar surface area (TPSA) is 64.4 Å². The molecule has 1 heterocycles. The first-order valence-corrected chi connectivity index (χ1v) is 7.93. The number of rotatable bonds is 7. The van der Waals surface area contributed by atoms with Crippen molar-refractivity contribution in [3.8, 4) is 0 Å². The molecule has 0 fully saturated rings. The molecule has 23 heavy (non-hydrogen) atoms. The number of nitrogens with one attached hydrogen (secondary N) is 1. The van der Waals surface area contributed by atoms with Gasteiger partial charge in [-0.25, -0.2) is 4.98 Å². The Hall–Kier alpha value is -2.18. The maximum Gasteiger partial charge on any atom is 0.257 e. The van der Waals surface area contributed by atoms with Crippen LogP contribution in [0.4, 0.5) is 0 Å².